The molecule has 0 aromatic carbocycles. The van der Waals surface area contributed by atoms with Crippen LogP contribution in [0.4, 0.5) is 0 Å². The lowest BCUT2D eigenvalue weighted by Crippen LogP contribution is -2.48. The van der Waals surface area contributed by atoms with Gasteiger partial charge in [-0.25, -0.2) is 0 Å². The standard InChI is InChI=1S/C10H22N2OS/c1-3-10(2,11)9-12-5-4-7-14(13)8-6-12/h3-9,11H2,1-2H3. The highest BCUT2D eigenvalue weighted by Crippen LogP contribution is 2.10. The quantitative estimate of drug-likeness (QED) is 0.753. The molecule has 84 valence electrons. The van der Waals surface area contributed by atoms with Gasteiger partial charge in [0, 0.05) is 40.9 Å². The Morgan fingerprint density at radius 3 is 2.79 bits per heavy atom. The molecular formula is C10H22N2OS. The van der Waals surface area contributed by atoms with Gasteiger partial charge in [-0.1, -0.05) is 6.92 Å². The Kier molecular flexibility index (Phi) is 4.54. The van der Waals surface area contributed by atoms with Crippen molar-refractivity contribution in [2.24, 2.45) is 5.73 Å². The van der Waals surface area contributed by atoms with Gasteiger partial charge in [0.25, 0.3) is 0 Å². The van der Waals surface area contributed by atoms with E-state index in [0.717, 1.165) is 44.0 Å². The lowest BCUT2D eigenvalue weighted by Gasteiger charge is -2.30. The van der Waals surface area contributed by atoms with Crippen LogP contribution in [0.5, 0.6) is 0 Å². The first-order valence-electron chi connectivity index (χ1n) is 5.40. The van der Waals surface area contributed by atoms with E-state index in [1.165, 1.54) is 0 Å². The monoisotopic (exact) mass is 218 g/mol. The molecule has 1 aliphatic rings. The van der Waals surface area contributed by atoms with Crippen molar-refractivity contribution in [1.82, 2.24) is 4.90 Å². The van der Waals surface area contributed by atoms with Crippen LogP contribution < -0.4 is 5.73 Å². The van der Waals surface area contributed by atoms with Crippen LogP contribution in [0.3, 0.4) is 0 Å². The predicted octanol–water partition coefficient (Wildman–Crippen LogP) is 0.568. The van der Waals surface area contributed by atoms with E-state index in [9.17, 15) is 4.21 Å². The van der Waals surface area contributed by atoms with Crippen LogP contribution in [-0.4, -0.2) is 45.8 Å². The molecule has 0 radical (unpaired) electrons. The highest BCUT2D eigenvalue weighted by molar-refractivity contribution is 7.85. The lowest BCUT2D eigenvalue weighted by atomic mass is 10.00. The van der Waals surface area contributed by atoms with E-state index in [1.54, 1.807) is 0 Å². The van der Waals surface area contributed by atoms with Gasteiger partial charge in [-0.15, -0.1) is 0 Å². The van der Waals surface area contributed by atoms with Crippen molar-refractivity contribution in [2.45, 2.75) is 32.2 Å². The van der Waals surface area contributed by atoms with Crippen molar-refractivity contribution in [3.63, 3.8) is 0 Å². The highest BCUT2D eigenvalue weighted by Gasteiger charge is 2.21. The van der Waals surface area contributed by atoms with Gasteiger partial charge in [0.1, 0.15) is 0 Å². The largest absolute Gasteiger partial charge is 0.324 e. The molecule has 0 bridgehead atoms. The third kappa shape index (κ3) is 4.07. The van der Waals surface area contributed by atoms with Crippen LogP contribution in [0, 0.1) is 0 Å². The molecule has 1 fully saturated rings. The Balaban J connectivity index is 2.41. The summed E-state index contributed by atoms with van der Waals surface area (Å²) < 4.78 is 11.3. The molecule has 4 heteroatoms. The zero-order chi connectivity index (χ0) is 10.6. The topological polar surface area (TPSA) is 46.3 Å². The normalized spacial score (nSPS) is 29.5. The SMILES string of the molecule is CCC(C)(N)CN1CCCS(=O)CC1. The van der Waals surface area contributed by atoms with E-state index in [0.29, 0.717) is 0 Å². The first-order chi connectivity index (χ1) is 6.53. The van der Waals surface area contributed by atoms with Gasteiger partial charge in [0.2, 0.25) is 0 Å². The van der Waals surface area contributed by atoms with Gasteiger partial charge < -0.3 is 10.6 Å². The van der Waals surface area contributed by atoms with Gasteiger partial charge in [0.05, 0.1) is 0 Å². The van der Waals surface area contributed by atoms with Crippen LogP contribution in [0.1, 0.15) is 26.7 Å². The fourth-order valence-corrected chi connectivity index (χ4v) is 2.79. The summed E-state index contributed by atoms with van der Waals surface area (Å²) in [5.41, 5.74) is 6.02. The summed E-state index contributed by atoms with van der Waals surface area (Å²) in [5, 5.41) is 0. The van der Waals surface area contributed by atoms with Crippen LogP contribution in [0.2, 0.25) is 0 Å². The Morgan fingerprint density at radius 1 is 1.43 bits per heavy atom. The maximum Gasteiger partial charge on any atom is 0.0362 e. The average Bonchev–Trinajstić information content (AvgIpc) is 2.31. The molecular weight excluding hydrogens is 196 g/mol. The third-order valence-corrected chi connectivity index (χ3v) is 4.26. The Morgan fingerprint density at radius 2 is 2.14 bits per heavy atom. The molecule has 0 aromatic heterocycles. The van der Waals surface area contributed by atoms with Crippen LogP contribution >= 0.6 is 0 Å². The van der Waals surface area contributed by atoms with Crippen molar-refractivity contribution in [2.75, 3.05) is 31.1 Å². The summed E-state index contributed by atoms with van der Waals surface area (Å²) in [5.74, 6) is 1.68. The van der Waals surface area contributed by atoms with Crippen molar-refractivity contribution >= 4 is 10.8 Å². The smallest absolute Gasteiger partial charge is 0.0362 e. The van der Waals surface area contributed by atoms with E-state index in [4.69, 9.17) is 5.73 Å². The zero-order valence-electron chi connectivity index (χ0n) is 9.29. The first-order valence-corrected chi connectivity index (χ1v) is 6.88. The molecule has 1 aliphatic heterocycles. The number of rotatable bonds is 3. The van der Waals surface area contributed by atoms with Gasteiger partial charge in [0.15, 0.2) is 0 Å². The van der Waals surface area contributed by atoms with Gasteiger partial charge >= 0.3 is 0 Å². The maximum absolute atomic E-state index is 11.3. The average molecular weight is 218 g/mol. The van der Waals surface area contributed by atoms with E-state index in [1.807, 2.05) is 0 Å². The fourth-order valence-electron chi connectivity index (χ4n) is 1.67. The summed E-state index contributed by atoms with van der Waals surface area (Å²) >= 11 is 0. The maximum atomic E-state index is 11.3. The summed E-state index contributed by atoms with van der Waals surface area (Å²) in [4.78, 5) is 2.36. The van der Waals surface area contributed by atoms with Gasteiger partial charge in [-0.3, -0.25) is 4.21 Å². The molecule has 1 rings (SSSR count). The molecule has 0 saturated carbocycles. The summed E-state index contributed by atoms with van der Waals surface area (Å²) in [6, 6.07) is 0. The molecule has 0 amide bonds. The molecule has 1 saturated heterocycles. The van der Waals surface area contributed by atoms with Crippen molar-refractivity contribution < 1.29 is 4.21 Å². The van der Waals surface area contributed by atoms with E-state index in [2.05, 4.69) is 18.7 Å². The molecule has 2 atom stereocenters. The van der Waals surface area contributed by atoms with Crippen molar-refractivity contribution in [3.05, 3.63) is 0 Å². The molecule has 2 unspecified atom stereocenters. The van der Waals surface area contributed by atoms with E-state index < -0.39 is 10.8 Å². The summed E-state index contributed by atoms with van der Waals surface area (Å²) in [6.45, 7) is 7.14. The van der Waals surface area contributed by atoms with Crippen molar-refractivity contribution in [3.8, 4) is 0 Å². The number of nitrogens with zero attached hydrogens (tertiary/aromatic N) is 1. The second-order valence-electron chi connectivity index (χ2n) is 4.49. The van der Waals surface area contributed by atoms with Crippen LogP contribution in [0.25, 0.3) is 0 Å². The Bertz CT molecular complexity index is 206. The zero-order valence-corrected chi connectivity index (χ0v) is 10.1. The number of hydrogen-bond donors (Lipinski definition) is 1. The number of nitrogens with two attached hydrogens (primary N) is 1. The fraction of sp³-hybridized carbons (Fsp3) is 1.00. The second kappa shape index (κ2) is 5.24. The van der Waals surface area contributed by atoms with E-state index in [-0.39, 0.29) is 5.54 Å². The highest BCUT2D eigenvalue weighted by atomic mass is 32.2. The van der Waals surface area contributed by atoms with E-state index >= 15 is 0 Å². The van der Waals surface area contributed by atoms with Crippen molar-refractivity contribution in [1.29, 1.82) is 0 Å². The third-order valence-electron chi connectivity index (χ3n) is 2.87. The summed E-state index contributed by atoms with van der Waals surface area (Å²) in [6.07, 6.45) is 2.04. The number of hydrogen-bond acceptors (Lipinski definition) is 3. The van der Waals surface area contributed by atoms with Crippen LogP contribution in [0.15, 0.2) is 0 Å². The molecule has 1 heterocycles. The molecule has 0 aromatic rings. The minimum absolute atomic E-state index is 0.0914. The Labute approximate surface area is 89.5 Å². The van der Waals surface area contributed by atoms with Crippen LogP contribution in [-0.2, 0) is 10.8 Å². The summed E-state index contributed by atoms with van der Waals surface area (Å²) in [7, 11) is -0.591. The Hall–Kier alpha value is 0.0700. The minimum Gasteiger partial charge on any atom is -0.324 e. The molecule has 3 nitrogen and oxygen atoms in total. The lowest BCUT2D eigenvalue weighted by molar-refractivity contribution is 0.227. The minimum atomic E-state index is -0.591. The van der Waals surface area contributed by atoms with Gasteiger partial charge in [-0.2, -0.15) is 0 Å². The second-order valence-corrected chi connectivity index (χ2v) is 6.18. The molecule has 0 spiro atoms. The molecule has 2 N–H and O–H groups in total. The first kappa shape index (κ1) is 12.1. The van der Waals surface area contributed by atoms with Gasteiger partial charge in [-0.05, 0) is 26.3 Å². The molecule has 0 aliphatic carbocycles. The molecule has 14 heavy (non-hydrogen) atoms. The predicted molar refractivity (Wildman–Crippen MR) is 61.8 cm³/mol.